The highest BCUT2D eigenvalue weighted by molar-refractivity contribution is 5.44. The molecular formula is C10H16N4O. The quantitative estimate of drug-likeness (QED) is 0.750. The lowest BCUT2D eigenvalue weighted by Crippen LogP contribution is -2.22. The summed E-state index contributed by atoms with van der Waals surface area (Å²) in [7, 11) is 1.83. The molecular weight excluding hydrogens is 192 g/mol. The molecule has 0 aromatic carbocycles. The standard InChI is InChI=1S/C10H16N4O/c1-11-9-4-12-5-10(13-9)14-3-2-8(6-14)7-15/h4-5,8,15H,2-3,6-7H2,1H3,(H,11,13). The van der Waals surface area contributed by atoms with Gasteiger partial charge in [-0.15, -0.1) is 0 Å². The van der Waals surface area contributed by atoms with Crippen LogP contribution in [0.3, 0.4) is 0 Å². The molecule has 1 aliphatic rings. The summed E-state index contributed by atoms with van der Waals surface area (Å²) >= 11 is 0. The molecule has 1 aromatic heterocycles. The van der Waals surface area contributed by atoms with Gasteiger partial charge >= 0.3 is 0 Å². The first kappa shape index (κ1) is 10.2. The van der Waals surface area contributed by atoms with Crippen molar-refractivity contribution in [1.29, 1.82) is 0 Å². The number of aliphatic hydroxyl groups is 1. The zero-order valence-corrected chi connectivity index (χ0v) is 8.85. The van der Waals surface area contributed by atoms with Crippen LogP contribution in [0, 0.1) is 5.92 Å². The molecule has 1 aliphatic heterocycles. The van der Waals surface area contributed by atoms with E-state index in [0.717, 1.165) is 31.1 Å². The van der Waals surface area contributed by atoms with Gasteiger partial charge in [-0.25, -0.2) is 4.98 Å². The smallest absolute Gasteiger partial charge is 0.149 e. The third-order valence-electron chi connectivity index (χ3n) is 2.75. The maximum Gasteiger partial charge on any atom is 0.149 e. The van der Waals surface area contributed by atoms with E-state index in [-0.39, 0.29) is 6.61 Å². The predicted octanol–water partition coefficient (Wildman–Crippen LogP) is 0.337. The zero-order chi connectivity index (χ0) is 10.7. The monoisotopic (exact) mass is 208 g/mol. The first-order valence-electron chi connectivity index (χ1n) is 5.19. The average Bonchev–Trinajstić information content (AvgIpc) is 2.78. The van der Waals surface area contributed by atoms with E-state index in [2.05, 4.69) is 20.2 Å². The minimum absolute atomic E-state index is 0.260. The van der Waals surface area contributed by atoms with Gasteiger partial charge in [0.2, 0.25) is 0 Å². The van der Waals surface area contributed by atoms with Crippen molar-refractivity contribution < 1.29 is 5.11 Å². The van der Waals surface area contributed by atoms with E-state index in [1.54, 1.807) is 12.4 Å². The second-order valence-corrected chi connectivity index (χ2v) is 3.80. The van der Waals surface area contributed by atoms with Gasteiger partial charge < -0.3 is 15.3 Å². The van der Waals surface area contributed by atoms with E-state index in [1.807, 2.05) is 7.05 Å². The number of nitrogens with one attached hydrogen (secondary N) is 1. The van der Waals surface area contributed by atoms with Gasteiger partial charge in [0.25, 0.3) is 0 Å². The molecule has 1 unspecified atom stereocenters. The predicted molar refractivity (Wildman–Crippen MR) is 59.0 cm³/mol. The molecule has 5 nitrogen and oxygen atoms in total. The first-order chi connectivity index (χ1) is 7.33. The van der Waals surface area contributed by atoms with Gasteiger partial charge in [0, 0.05) is 32.7 Å². The van der Waals surface area contributed by atoms with E-state index in [1.165, 1.54) is 0 Å². The Morgan fingerprint density at radius 2 is 2.47 bits per heavy atom. The summed E-state index contributed by atoms with van der Waals surface area (Å²) in [6, 6.07) is 0. The number of aliphatic hydroxyl groups excluding tert-OH is 1. The van der Waals surface area contributed by atoms with Crippen molar-refractivity contribution >= 4 is 11.6 Å². The van der Waals surface area contributed by atoms with Gasteiger partial charge in [-0.05, 0) is 6.42 Å². The molecule has 1 aromatic rings. The molecule has 1 atom stereocenters. The van der Waals surface area contributed by atoms with Crippen molar-refractivity contribution in [2.75, 3.05) is 37.0 Å². The highest BCUT2D eigenvalue weighted by Crippen LogP contribution is 2.21. The average molecular weight is 208 g/mol. The Kier molecular flexibility index (Phi) is 3.01. The number of rotatable bonds is 3. The molecule has 0 spiro atoms. The van der Waals surface area contributed by atoms with Crippen LogP contribution in [-0.2, 0) is 0 Å². The van der Waals surface area contributed by atoms with Crippen LogP contribution in [0.25, 0.3) is 0 Å². The number of hydrogen-bond acceptors (Lipinski definition) is 5. The molecule has 1 saturated heterocycles. The van der Waals surface area contributed by atoms with Crippen molar-refractivity contribution in [1.82, 2.24) is 9.97 Å². The second-order valence-electron chi connectivity index (χ2n) is 3.80. The zero-order valence-electron chi connectivity index (χ0n) is 8.85. The Morgan fingerprint density at radius 3 is 3.13 bits per heavy atom. The Labute approximate surface area is 89.2 Å². The van der Waals surface area contributed by atoms with Gasteiger partial charge in [-0.2, -0.15) is 0 Å². The van der Waals surface area contributed by atoms with Crippen LogP contribution in [0.4, 0.5) is 11.6 Å². The lowest BCUT2D eigenvalue weighted by Gasteiger charge is -2.17. The molecule has 2 N–H and O–H groups in total. The Morgan fingerprint density at radius 1 is 1.60 bits per heavy atom. The molecule has 82 valence electrons. The van der Waals surface area contributed by atoms with Gasteiger partial charge in [-0.3, -0.25) is 4.98 Å². The normalized spacial score (nSPS) is 20.7. The third-order valence-corrected chi connectivity index (χ3v) is 2.75. The topological polar surface area (TPSA) is 61.3 Å². The molecule has 0 saturated carbocycles. The SMILES string of the molecule is CNc1cncc(N2CCC(CO)C2)n1. The highest BCUT2D eigenvalue weighted by atomic mass is 16.3. The summed E-state index contributed by atoms with van der Waals surface area (Å²) in [4.78, 5) is 10.7. The van der Waals surface area contributed by atoms with Gasteiger partial charge in [0.05, 0.1) is 12.4 Å². The van der Waals surface area contributed by atoms with Gasteiger partial charge in [0.15, 0.2) is 0 Å². The first-order valence-corrected chi connectivity index (χ1v) is 5.19. The summed E-state index contributed by atoms with van der Waals surface area (Å²) in [6.07, 6.45) is 4.49. The summed E-state index contributed by atoms with van der Waals surface area (Å²) < 4.78 is 0. The van der Waals surface area contributed by atoms with Crippen LogP contribution >= 0.6 is 0 Å². The summed E-state index contributed by atoms with van der Waals surface area (Å²) in [6.45, 7) is 2.08. The Balaban J connectivity index is 2.09. The van der Waals surface area contributed by atoms with Crippen LogP contribution in [0.15, 0.2) is 12.4 Å². The number of nitrogens with zero attached hydrogens (tertiary/aromatic N) is 3. The van der Waals surface area contributed by atoms with E-state index in [0.29, 0.717) is 5.92 Å². The Bertz CT molecular complexity index is 331. The maximum absolute atomic E-state index is 9.06. The van der Waals surface area contributed by atoms with E-state index in [4.69, 9.17) is 5.11 Å². The van der Waals surface area contributed by atoms with E-state index < -0.39 is 0 Å². The largest absolute Gasteiger partial charge is 0.396 e. The maximum atomic E-state index is 9.06. The van der Waals surface area contributed by atoms with Crippen LogP contribution in [0.1, 0.15) is 6.42 Å². The molecule has 2 rings (SSSR count). The molecule has 0 aliphatic carbocycles. The minimum atomic E-state index is 0.260. The van der Waals surface area contributed by atoms with Crippen molar-refractivity contribution in [3.8, 4) is 0 Å². The van der Waals surface area contributed by atoms with Crippen molar-refractivity contribution in [2.45, 2.75) is 6.42 Å². The van der Waals surface area contributed by atoms with Crippen LogP contribution in [0.2, 0.25) is 0 Å². The van der Waals surface area contributed by atoms with Crippen molar-refractivity contribution in [3.05, 3.63) is 12.4 Å². The molecule has 2 heterocycles. The molecule has 1 fully saturated rings. The lowest BCUT2D eigenvalue weighted by molar-refractivity contribution is 0.238. The van der Waals surface area contributed by atoms with E-state index in [9.17, 15) is 0 Å². The molecule has 0 amide bonds. The fraction of sp³-hybridized carbons (Fsp3) is 0.600. The number of hydrogen-bond donors (Lipinski definition) is 2. The minimum Gasteiger partial charge on any atom is -0.396 e. The summed E-state index contributed by atoms with van der Waals surface area (Å²) in [5.41, 5.74) is 0. The highest BCUT2D eigenvalue weighted by Gasteiger charge is 2.22. The fourth-order valence-corrected chi connectivity index (χ4v) is 1.82. The van der Waals surface area contributed by atoms with E-state index >= 15 is 0 Å². The number of aromatic nitrogens is 2. The second kappa shape index (κ2) is 4.44. The van der Waals surface area contributed by atoms with Crippen LogP contribution in [0.5, 0.6) is 0 Å². The van der Waals surface area contributed by atoms with Gasteiger partial charge in [-0.1, -0.05) is 0 Å². The summed E-state index contributed by atoms with van der Waals surface area (Å²) in [5.74, 6) is 2.04. The Hall–Kier alpha value is -1.36. The molecule has 0 bridgehead atoms. The van der Waals surface area contributed by atoms with Crippen LogP contribution < -0.4 is 10.2 Å². The van der Waals surface area contributed by atoms with Crippen molar-refractivity contribution in [3.63, 3.8) is 0 Å². The fourth-order valence-electron chi connectivity index (χ4n) is 1.82. The lowest BCUT2D eigenvalue weighted by atomic mass is 10.1. The molecule has 5 heteroatoms. The summed E-state index contributed by atoms with van der Waals surface area (Å²) in [5, 5.41) is 12.0. The third kappa shape index (κ3) is 2.18. The molecule has 15 heavy (non-hydrogen) atoms. The van der Waals surface area contributed by atoms with Crippen molar-refractivity contribution in [2.24, 2.45) is 5.92 Å². The number of anilines is 2. The van der Waals surface area contributed by atoms with Crippen LogP contribution in [-0.4, -0.2) is 41.8 Å². The van der Waals surface area contributed by atoms with Gasteiger partial charge in [0.1, 0.15) is 11.6 Å². The molecule has 0 radical (unpaired) electrons.